The average Bonchev–Trinajstić information content (AvgIpc) is 2.35. The van der Waals surface area contributed by atoms with Crippen LogP contribution in [0.25, 0.3) is 0 Å². The van der Waals surface area contributed by atoms with Crippen LogP contribution in [-0.4, -0.2) is 5.11 Å². The lowest BCUT2D eigenvalue weighted by Crippen LogP contribution is -2.01. The second kappa shape index (κ2) is 5.27. The molecule has 2 aromatic carbocycles. The maximum absolute atomic E-state index is 13.2. The second-order valence-electron chi connectivity index (χ2n) is 4.08. The maximum Gasteiger partial charge on any atom is 0.123 e. The number of hydrogen-bond donors (Lipinski definition) is 1. The molecule has 0 aliphatic heterocycles. The lowest BCUT2D eigenvalue weighted by Gasteiger charge is -2.14. The van der Waals surface area contributed by atoms with Crippen molar-refractivity contribution in [3.63, 3.8) is 0 Å². The predicted octanol–water partition coefficient (Wildman–Crippen LogP) is 4.52. The molecule has 1 N–H and O–H groups in total. The molecule has 0 aliphatic rings. The Labute approximate surface area is 115 Å². The summed E-state index contributed by atoms with van der Waals surface area (Å²) in [5.74, 6) is -0.438. The molecule has 0 bridgehead atoms. The molecule has 2 aromatic rings. The Morgan fingerprint density at radius 3 is 2.44 bits per heavy atom. The lowest BCUT2D eigenvalue weighted by molar-refractivity contribution is 0.220. The molecule has 2 rings (SSSR count). The van der Waals surface area contributed by atoms with Crippen LogP contribution in [0.5, 0.6) is 0 Å². The third-order valence-corrected chi connectivity index (χ3v) is 3.52. The predicted molar refractivity (Wildman–Crippen MR) is 71.7 cm³/mol. The monoisotopic (exact) mass is 284 g/mol. The van der Waals surface area contributed by atoms with E-state index in [0.29, 0.717) is 21.2 Å². The van der Waals surface area contributed by atoms with E-state index in [1.54, 1.807) is 18.2 Å². The van der Waals surface area contributed by atoms with Gasteiger partial charge in [-0.05, 0) is 42.3 Å². The molecule has 94 valence electrons. The normalized spacial score (nSPS) is 12.5. The van der Waals surface area contributed by atoms with Gasteiger partial charge in [-0.25, -0.2) is 4.39 Å². The molecule has 0 saturated heterocycles. The van der Waals surface area contributed by atoms with Crippen molar-refractivity contribution in [1.82, 2.24) is 0 Å². The summed E-state index contributed by atoms with van der Waals surface area (Å²) in [5.41, 5.74) is 1.83. The molecule has 0 saturated carbocycles. The van der Waals surface area contributed by atoms with E-state index in [9.17, 15) is 9.50 Å². The summed E-state index contributed by atoms with van der Waals surface area (Å²) in [7, 11) is 0. The smallest absolute Gasteiger partial charge is 0.123 e. The van der Waals surface area contributed by atoms with Crippen LogP contribution in [0.1, 0.15) is 22.8 Å². The molecule has 0 aromatic heterocycles. The van der Waals surface area contributed by atoms with Crippen molar-refractivity contribution in [3.8, 4) is 0 Å². The third kappa shape index (κ3) is 2.66. The molecule has 18 heavy (non-hydrogen) atoms. The summed E-state index contributed by atoms with van der Waals surface area (Å²) >= 11 is 12.0. The number of rotatable bonds is 2. The van der Waals surface area contributed by atoms with Crippen LogP contribution in [0.2, 0.25) is 10.0 Å². The van der Waals surface area contributed by atoms with E-state index in [2.05, 4.69) is 0 Å². The van der Waals surface area contributed by atoms with Gasteiger partial charge in [-0.3, -0.25) is 0 Å². The summed E-state index contributed by atoms with van der Waals surface area (Å²) in [6, 6.07) is 9.09. The quantitative estimate of drug-likeness (QED) is 0.860. The average molecular weight is 285 g/mol. The number of halogens is 3. The highest BCUT2D eigenvalue weighted by Crippen LogP contribution is 2.30. The molecule has 1 atom stereocenters. The Hall–Kier alpha value is -1.09. The minimum absolute atomic E-state index is 0.320. The summed E-state index contributed by atoms with van der Waals surface area (Å²) < 4.78 is 13.2. The van der Waals surface area contributed by atoms with E-state index in [1.807, 2.05) is 6.92 Å². The van der Waals surface area contributed by atoms with Crippen molar-refractivity contribution in [2.45, 2.75) is 13.0 Å². The topological polar surface area (TPSA) is 20.2 Å². The highest BCUT2D eigenvalue weighted by Gasteiger charge is 2.15. The Bertz CT molecular complexity index is 584. The van der Waals surface area contributed by atoms with Crippen LogP contribution < -0.4 is 0 Å². The molecule has 0 radical (unpaired) electrons. The first-order valence-corrected chi connectivity index (χ1v) is 6.13. The molecule has 1 nitrogen and oxygen atoms in total. The van der Waals surface area contributed by atoms with Crippen LogP contribution >= 0.6 is 23.2 Å². The summed E-state index contributed by atoms with van der Waals surface area (Å²) in [6.45, 7) is 1.87. The fraction of sp³-hybridized carbons (Fsp3) is 0.143. The highest BCUT2D eigenvalue weighted by atomic mass is 35.5. The molecule has 0 aliphatic carbocycles. The molecule has 0 fully saturated rings. The van der Waals surface area contributed by atoms with Crippen molar-refractivity contribution in [1.29, 1.82) is 0 Å². The fourth-order valence-electron chi connectivity index (χ4n) is 1.68. The van der Waals surface area contributed by atoms with Gasteiger partial charge in [0.05, 0.1) is 0 Å². The maximum atomic E-state index is 13.2. The van der Waals surface area contributed by atoms with Gasteiger partial charge >= 0.3 is 0 Å². The first-order chi connectivity index (χ1) is 8.49. The van der Waals surface area contributed by atoms with Gasteiger partial charge in [0.25, 0.3) is 0 Å². The number of hydrogen-bond acceptors (Lipinski definition) is 1. The van der Waals surface area contributed by atoms with Gasteiger partial charge in [-0.1, -0.05) is 35.3 Å². The number of benzene rings is 2. The third-order valence-electron chi connectivity index (χ3n) is 2.76. The SMILES string of the molecule is Cc1ccc(C(O)c2cc(F)ccc2Cl)cc1Cl. The van der Waals surface area contributed by atoms with E-state index in [1.165, 1.54) is 18.2 Å². The Morgan fingerprint density at radius 2 is 1.78 bits per heavy atom. The number of aliphatic hydroxyl groups excluding tert-OH is 1. The first kappa shape index (κ1) is 13.3. The van der Waals surface area contributed by atoms with Gasteiger partial charge in [0.1, 0.15) is 11.9 Å². The van der Waals surface area contributed by atoms with Gasteiger partial charge in [0, 0.05) is 15.6 Å². The number of aliphatic hydroxyl groups is 1. The van der Waals surface area contributed by atoms with E-state index < -0.39 is 11.9 Å². The Kier molecular flexibility index (Phi) is 3.91. The van der Waals surface area contributed by atoms with Gasteiger partial charge in [0.15, 0.2) is 0 Å². The zero-order valence-electron chi connectivity index (χ0n) is 9.62. The Balaban J connectivity index is 2.44. The van der Waals surface area contributed by atoms with Crippen molar-refractivity contribution < 1.29 is 9.50 Å². The van der Waals surface area contributed by atoms with Crippen LogP contribution in [0.15, 0.2) is 36.4 Å². The summed E-state index contributed by atoms with van der Waals surface area (Å²) in [6.07, 6.45) is -0.994. The molecule has 0 spiro atoms. The van der Waals surface area contributed by atoms with E-state index in [4.69, 9.17) is 23.2 Å². The van der Waals surface area contributed by atoms with Gasteiger partial charge in [-0.2, -0.15) is 0 Å². The van der Waals surface area contributed by atoms with Crippen molar-refractivity contribution >= 4 is 23.2 Å². The van der Waals surface area contributed by atoms with Crippen LogP contribution in [-0.2, 0) is 0 Å². The molecule has 0 heterocycles. The van der Waals surface area contributed by atoms with Gasteiger partial charge in [-0.15, -0.1) is 0 Å². The van der Waals surface area contributed by atoms with E-state index in [-0.39, 0.29) is 0 Å². The van der Waals surface area contributed by atoms with Gasteiger partial charge in [0.2, 0.25) is 0 Å². The minimum atomic E-state index is -0.994. The van der Waals surface area contributed by atoms with E-state index in [0.717, 1.165) is 5.56 Å². The molecule has 4 heteroatoms. The fourth-order valence-corrected chi connectivity index (χ4v) is 2.09. The first-order valence-electron chi connectivity index (χ1n) is 5.38. The number of aryl methyl sites for hydroxylation is 1. The standard InChI is InChI=1S/C14H11Cl2FO/c1-8-2-3-9(6-13(8)16)14(18)11-7-10(17)4-5-12(11)15/h2-7,14,18H,1H3. The summed E-state index contributed by atoms with van der Waals surface area (Å²) in [5, 5.41) is 11.1. The van der Waals surface area contributed by atoms with Crippen molar-refractivity contribution in [2.75, 3.05) is 0 Å². The zero-order chi connectivity index (χ0) is 13.3. The summed E-state index contributed by atoms with van der Waals surface area (Å²) in [4.78, 5) is 0. The van der Waals surface area contributed by atoms with Crippen LogP contribution in [0.4, 0.5) is 4.39 Å². The van der Waals surface area contributed by atoms with Crippen LogP contribution in [0.3, 0.4) is 0 Å². The molecular weight excluding hydrogens is 274 g/mol. The van der Waals surface area contributed by atoms with Crippen molar-refractivity contribution in [3.05, 3.63) is 69.0 Å². The molecule has 0 amide bonds. The second-order valence-corrected chi connectivity index (χ2v) is 4.89. The van der Waals surface area contributed by atoms with Gasteiger partial charge < -0.3 is 5.11 Å². The highest BCUT2D eigenvalue weighted by molar-refractivity contribution is 6.31. The molecule has 1 unspecified atom stereocenters. The minimum Gasteiger partial charge on any atom is -0.384 e. The van der Waals surface area contributed by atoms with Crippen molar-refractivity contribution in [2.24, 2.45) is 0 Å². The molecular formula is C14H11Cl2FO. The lowest BCUT2D eigenvalue weighted by atomic mass is 10.0. The zero-order valence-corrected chi connectivity index (χ0v) is 11.1. The largest absolute Gasteiger partial charge is 0.384 e. The Morgan fingerprint density at radius 1 is 1.06 bits per heavy atom. The van der Waals surface area contributed by atoms with Crippen LogP contribution in [0, 0.1) is 12.7 Å². The van der Waals surface area contributed by atoms with E-state index >= 15 is 0 Å².